The summed E-state index contributed by atoms with van der Waals surface area (Å²) in [6.45, 7) is 3.39. The normalized spacial score (nSPS) is 11.4. The van der Waals surface area contributed by atoms with E-state index < -0.39 is 10.0 Å². The van der Waals surface area contributed by atoms with Crippen LogP contribution in [0.25, 0.3) is 0 Å². The number of ether oxygens (including phenoxy) is 1. The number of hydrogen-bond acceptors (Lipinski definition) is 6. The second-order valence-electron chi connectivity index (χ2n) is 3.44. The Hall–Kier alpha value is -1.25. The SMILES string of the molecule is CCOCCCNS(=O)(=O)c1cnc(NC)nc1. The van der Waals surface area contributed by atoms with Gasteiger partial charge >= 0.3 is 0 Å². The third-order valence-corrected chi connectivity index (χ3v) is 3.54. The third-order valence-electron chi connectivity index (χ3n) is 2.12. The molecular formula is C10H18N4O3S. The van der Waals surface area contributed by atoms with Crippen molar-refractivity contribution >= 4 is 16.0 Å². The van der Waals surface area contributed by atoms with Crippen LogP contribution in [-0.2, 0) is 14.8 Å². The fourth-order valence-electron chi connectivity index (χ4n) is 1.19. The molecule has 0 unspecified atom stereocenters. The van der Waals surface area contributed by atoms with Crippen molar-refractivity contribution in [2.45, 2.75) is 18.2 Å². The first-order chi connectivity index (χ1) is 8.60. The predicted molar refractivity (Wildman–Crippen MR) is 67.9 cm³/mol. The Kier molecular flexibility index (Phi) is 5.96. The van der Waals surface area contributed by atoms with Crippen LogP contribution < -0.4 is 10.0 Å². The number of sulfonamides is 1. The highest BCUT2D eigenvalue weighted by Gasteiger charge is 2.14. The summed E-state index contributed by atoms with van der Waals surface area (Å²) in [5, 5.41) is 2.72. The van der Waals surface area contributed by atoms with Crippen molar-refractivity contribution < 1.29 is 13.2 Å². The first-order valence-electron chi connectivity index (χ1n) is 5.67. The zero-order valence-corrected chi connectivity index (χ0v) is 11.3. The lowest BCUT2D eigenvalue weighted by Gasteiger charge is -2.06. The molecule has 0 aromatic carbocycles. The highest BCUT2D eigenvalue weighted by Crippen LogP contribution is 2.06. The van der Waals surface area contributed by atoms with Crippen LogP contribution in [0.1, 0.15) is 13.3 Å². The molecule has 1 rings (SSSR count). The van der Waals surface area contributed by atoms with Gasteiger partial charge in [-0.1, -0.05) is 0 Å². The van der Waals surface area contributed by atoms with E-state index in [-0.39, 0.29) is 4.90 Å². The lowest BCUT2D eigenvalue weighted by atomic mass is 10.5. The summed E-state index contributed by atoms with van der Waals surface area (Å²) in [5.74, 6) is 0.380. The number of aromatic nitrogens is 2. The van der Waals surface area contributed by atoms with Gasteiger partial charge in [-0.05, 0) is 13.3 Å². The van der Waals surface area contributed by atoms with E-state index in [0.717, 1.165) is 0 Å². The molecule has 8 heteroatoms. The minimum Gasteiger partial charge on any atom is -0.382 e. The van der Waals surface area contributed by atoms with Crippen LogP contribution >= 0.6 is 0 Å². The van der Waals surface area contributed by atoms with E-state index in [1.54, 1.807) is 7.05 Å². The van der Waals surface area contributed by atoms with Gasteiger partial charge in [-0.2, -0.15) is 0 Å². The smallest absolute Gasteiger partial charge is 0.243 e. The molecule has 7 nitrogen and oxygen atoms in total. The largest absolute Gasteiger partial charge is 0.382 e. The molecule has 0 spiro atoms. The fraction of sp³-hybridized carbons (Fsp3) is 0.600. The number of nitrogens with zero attached hydrogens (tertiary/aromatic N) is 2. The van der Waals surface area contributed by atoms with Crippen LogP contribution in [-0.4, -0.2) is 45.2 Å². The summed E-state index contributed by atoms with van der Waals surface area (Å²) in [5.41, 5.74) is 0. The molecule has 0 bridgehead atoms. The minimum atomic E-state index is -3.53. The molecule has 0 fully saturated rings. The van der Waals surface area contributed by atoms with E-state index in [1.807, 2.05) is 6.92 Å². The first kappa shape index (κ1) is 14.8. The Balaban J connectivity index is 2.51. The van der Waals surface area contributed by atoms with Gasteiger partial charge in [0.05, 0.1) is 12.4 Å². The molecule has 0 aliphatic carbocycles. The highest BCUT2D eigenvalue weighted by atomic mass is 32.2. The Labute approximate surface area is 107 Å². The number of rotatable bonds is 8. The average Bonchev–Trinajstić information content (AvgIpc) is 2.38. The van der Waals surface area contributed by atoms with Gasteiger partial charge < -0.3 is 10.1 Å². The monoisotopic (exact) mass is 274 g/mol. The van der Waals surface area contributed by atoms with Crippen LogP contribution in [0.5, 0.6) is 0 Å². The highest BCUT2D eigenvalue weighted by molar-refractivity contribution is 7.89. The number of hydrogen-bond donors (Lipinski definition) is 2. The molecule has 0 saturated carbocycles. The molecule has 0 atom stereocenters. The van der Waals surface area contributed by atoms with E-state index in [4.69, 9.17) is 4.74 Å². The van der Waals surface area contributed by atoms with Gasteiger partial charge in [0.15, 0.2) is 0 Å². The lowest BCUT2D eigenvalue weighted by Crippen LogP contribution is -2.26. The van der Waals surface area contributed by atoms with Gasteiger partial charge in [-0.15, -0.1) is 0 Å². The molecule has 102 valence electrons. The second kappa shape index (κ2) is 7.24. The van der Waals surface area contributed by atoms with Crippen LogP contribution in [0, 0.1) is 0 Å². The number of nitrogens with one attached hydrogen (secondary N) is 2. The zero-order valence-electron chi connectivity index (χ0n) is 10.5. The molecule has 1 heterocycles. The average molecular weight is 274 g/mol. The van der Waals surface area contributed by atoms with E-state index in [2.05, 4.69) is 20.0 Å². The summed E-state index contributed by atoms with van der Waals surface area (Å²) < 4.78 is 31.2. The maximum Gasteiger partial charge on any atom is 0.243 e. The topological polar surface area (TPSA) is 93.2 Å². The van der Waals surface area contributed by atoms with Crippen LogP contribution in [0.4, 0.5) is 5.95 Å². The first-order valence-corrected chi connectivity index (χ1v) is 7.15. The van der Waals surface area contributed by atoms with E-state index in [1.165, 1.54) is 12.4 Å². The quantitative estimate of drug-likeness (QED) is 0.659. The fourth-order valence-corrected chi connectivity index (χ4v) is 2.16. The van der Waals surface area contributed by atoms with E-state index in [0.29, 0.717) is 32.1 Å². The number of anilines is 1. The third kappa shape index (κ3) is 4.55. The maximum atomic E-state index is 11.8. The van der Waals surface area contributed by atoms with Gasteiger partial charge in [0.25, 0.3) is 0 Å². The standard InChI is InChI=1S/C10H18N4O3S/c1-3-17-6-4-5-14-18(15,16)9-7-12-10(11-2)13-8-9/h7-8,14H,3-6H2,1-2H3,(H,11,12,13). The Morgan fingerprint density at radius 3 is 2.56 bits per heavy atom. The maximum absolute atomic E-state index is 11.8. The molecule has 0 radical (unpaired) electrons. The summed E-state index contributed by atoms with van der Waals surface area (Å²) in [4.78, 5) is 7.76. The minimum absolute atomic E-state index is 0.0536. The van der Waals surface area contributed by atoms with Gasteiger partial charge in [0, 0.05) is 26.8 Å². The van der Waals surface area contributed by atoms with Gasteiger partial charge in [0.1, 0.15) is 4.90 Å². The molecular weight excluding hydrogens is 256 g/mol. The Morgan fingerprint density at radius 1 is 1.33 bits per heavy atom. The van der Waals surface area contributed by atoms with Crippen molar-refractivity contribution in [1.82, 2.24) is 14.7 Å². The second-order valence-corrected chi connectivity index (χ2v) is 5.21. The zero-order chi connectivity index (χ0) is 13.4. The van der Waals surface area contributed by atoms with Crippen molar-refractivity contribution in [3.8, 4) is 0 Å². The van der Waals surface area contributed by atoms with Gasteiger partial charge in [-0.25, -0.2) is 23.1 Å². The molecule has 0 aliphatic heterocycles. The Bertz CT molecular complexity index is 447. The van der Waals surface area contributed by atoms with Crippen molar-refractivity contribution in [2.24, 2.45) is 0 Å². The van der Waals surface area contributed by atoms with E-state index >= 15 is 0 Å². The molecule has 0 amide bonds. The van der Waals surface area contributed by atoms with Gasteiger partial charge in [-0.3, -0.25) is 0 Å². The van der Waals surface area contributed by atoms with Gasteiger partial charge in [0.2, 0.25) is 16.0 Å². The lowest BCUT2D eigenvalue weighted by molar-refractivity contribution is 0.146. The Morgan fingerprint density at radius 2 is 2.00 bits per heavy atom. The van der Waals surface area contributed by atoms with Crippen LogP contribution in [0.15, 0.2) is 17.3 Å². The predicted octanol–water partition coefficient (Wildman–Crippen LogP) is 0.223. The molecule has 18 heavy (non-hydrogen) atoms. The van der Waals surface area contributed by atoms with Crippen LogP contribution in [0.2, 0.25) is 0 Å². The van der Waals surface area contributed by atoms with Crippen molar-refractivity contribution in [3.63, 3.8) is 0 Å². The summed E-state index contributed by atoms with van der Waals surface area (Å²) >= 11 is 0. The van der Waals surface area contributed by atoms with Crippen molar-refractivity contribution in [1.29, 1.82) is 0 Å². The molecule has 0 saturated heterocycles. The summed E-state index contributed by atoms with van der Waals surface area (Å²) in [6, 6.07) is 0. The van der Waals surface area contributed by atoms with Crippen LogP contribution in [0.3, 0.4) is 0 Å². The summed E-state index contributed by atoms with van der Waals surface area (Å²) in [6.07, 6.45) is 3.16. The van der Waals surface area contributed by atoms with Crippen molar-refractivity contribution in [3.05, 3.63) is 12.4 Å². The molecule has 1 aromatic rings. The molecule has 2 N–H and O–H groups in total. The molecule has 0 aliphatic rings. The van der Waals surface area contributed by atoms with E-state index in [9.17, 15) is 8.42 Å². The van der Waals surface area contributed by atoms with Crippen molar-refractivity contribution in [2.75, 3.05) is 32.1 Å². The summed E-state index contributed by atoms with van der Waals surface area (Å²) in [7, 11) is -1.87. The molecule has 1 aromatic heterocycles.